The van der Waals surface area contributed by atoms with Crippen LogP contribution in [0.3, 0.4) is 0 Å². The molecule has 1 aliphatic heterocycles. The van der Waals surface area contributed by atoms with Gasteiger partial charge < -0.3 is 14.6 Å². The predicted molar refractivity (Wildman–Crippen MR) is 100.0 cm³/mol. The van der Waals surface area contributed by atoms with Crippen LogP contribution in [0.25, 0.3) is 6.08 Å². The molecule has 1 aromatic heterocycles. The molecule has 1 amide bonds. The number of benzene rings is 1. The van der Waals surface area contributed by atoms with Gasteiger partial charge >= 0.3 is 0 Å². The SMILES string of the molecule is O=C(C=Cc1ccco1)NC(=S)Nc1ccc(N2CCCC2)cc1. The minimum Gasteiger partial charge on any atom is -0.465 e. The van der Waals surface area contributed by atoms with E-state index in [9.17, 15) is 4.79 Å². The van der Waals surface area contributed by atoms with Crippen LogP contribution in [0, 0.1) is 0 Å². The van der Waals surface area contributed by atoms with Gasteiger partial charge in [0.15, 0.2) is 5.11 Å². The lowest BCUT2D eigenvalue weighted by Crippen LogP contribution is -2.32. The van der Waals surface area contributed by atoms with Crippen molar-refractivity contribution in [3.8, 4) is 0 Å². The van der Waals surface area contributed by atoms with Gasteiger partial charge in [-0.25, -0.2) is 0 Å². The lowest BCUT2D eigenvalue weighted by molar-refractivity contribution is -0.115. The summed E-state index contributed by atoms with van der Waals surface area (Å²) in [5, 5.41) is 5.87. The number of carbonyl (C=O) groups is 1. The second kappa shape index (κ2) is 7.79. The van der Waals surface area contributed by atoms with Gasteiger partial charge in [-0.15, -0.1) is 0 Å². The molecule has 0 unspecified atom stereocenters. The van der Waals surface area contributed by atoms with Crippen molar-refractivity contribution in [2.45, 2.75) is 12.8 Å². The molecule has 1 fully saturated rings. The Morgan fingerprint density at radius 2 is 1.92 bits per heavy atom. The molecule has 0 spiro atoms. The minimum atomic E-state index is -0.308. The van der Waals surface area contributed by atoms with Gasteiger partial charge in [0.05, 0.1) is 6.26 Å². The van der Waals surface area contributed by atoms with Crippen LogP contribution in [-0.4, -0.2) is 24.1 Å². The number of anilines is 2. The molecule has 1 saturated heterocycles. The van der Waals surface area contributed by atoms with Crippen LogP contribution >= 0.6 is 12.2 Å². The molecule has 6 heteroatoms. The molecule has 0 bridgehead atoms. The molecular weight excluding hydrogens is 322 g/mol. The molecule has 2 aromatic rings. The summed E-state index contributed by atoms with van der Waals surface area (Å²) < 4.78 is 5.12. The quantitative estimate of drug-likeness (QED) is 0.659. The summed E-state index contributed by atoms with van der Waals surface area (Å²) in [6.07, 6.45) is 7.02. The standard InChI is InChI=1S/C18H19N3O2S/c22-17(10-9-16-4-3-13-23-16)20-18(24)19-14-5-7-15(8-6-14)21-11-1-2-12-21/h3-10,13H,1-2,11-12H2,(H2,19,20,22,24). The van der Waals surface area contributed by atoms with E-state index in [0.717, 1.165) is 18.8 Å². The third-order valence-corrected chi connectivity index (χ3v) is 3.98. The highest BCUT2D eigenvalue weighted by atomic mass is 32.1. The minimum absolute atomic E-state index is 0.262. The number of rotatable bonds is 4. The van der Waals surface area contributed by atoms with Crippen molar-refractivity contribution in [3.63, 3.8) is 0 Å². The number of thiocarbonyl (C=S) groups is 1. The van der Waals surface area contributed by atoms with E-state index in [1.165, 1.54) is 24.6 Å². The van der Waals surface area contributed by atoms with Gasteiger partial charge in [0, 0.05) is 30.5 Å². The molecule has 0 atom stereocenters. The summed E-state index contributed by atoms with van der Waals surface area (Å²) in [6, 6.07) is 11.6. The zero-order valence-corrected chi connectivity index (χ0v) is 14.0. The van der Waals surface area contributed by atoms with Gasteiger partial charge in [0.25, 0.3) is 0 Å². The van der Waals surface area contributed by atoms with E-state index in [1.807, 2.05) is 12.1 Å². The van der Waals surface area contributed by atoms with Crippen molar-refractivity contribution in [2.75, 3.05) is 23.3 Å². The van der Waals surface area contributed by atoms with Crippen molar-refractivity contribution in [1.82, 2.24) is 5.32 Å². The predicted octanol–water partition coefficient (Wildman–Crippen LogP) is 3.41. The largest absolute Gasteiger partial charge is 0.465 e. The van der Waals surface area contributed by atoms with E-state index in [-0.39, 0.29) is 11.0 Å². The van der Waals surface area contributed by atoms with Crippen LogP contribution in [0.4, 0.5) is 11.4 Å². The normalized spacial score (nSPS) is 14.1. The molecule has 0 radical (unpaired) electrons. The van der Waals surface area contributed by atoms with Gasteiger partial charge in [-0.3, -0.25) is 10.1 Å². The van der Waals surface area contributed by atoms with Crippen LogP contribution in [0.1, 0.15) is 18.6 Å². The number of amides is 1. The van der Waals surface area contributed by atoms with Gasteiger partial charge in [-0.1, -0.05) is 0 Å². The molecule has 2 N–H and O–H groups in total. The highest BCUT2D eigenvalue weighted by Crippen LogP contribution is 2.21. The fourth-order valence-corrected chi connectivity index (χ4v) is 2.81. The van der Waals surface area contributed by atoms with E-state index < -0.39 is 0 Å². The van der Waals surface area contributed by atoms with Crippen LogP contribution in [0.15, 0.2) is 53.2 Å². The van der Waals surface area contributed by atoms with E-state index in [1.54, 1.807) is 24.5 Å². The number of furan rings is 1. The Bertz CT molecular complexity index is 717. The molecule has 0 aliphatic carbocycles. The van der Waals surface area contributed by atoms with E-state index in [4.69, 9.17) is 16.6 Å². The first-order valence-electron chi connectivity index (χ1n) is 7.89. The van der Waals surface area contributed by atoms with Crippen LogP contribution < -0.4 is 15.5 Å². The molecule has 5 nitrogen and oxygen atoms in total. The summed E-state index contributed by atoms with van der Waals surface area (Å²) >= 11 is 5.16. The Hall–Kier alpha value is -2.60. The fourth-order valence-electron chi connectivity index (χ4n) is 2.59. The summed E-state index contributed by atoms with van der Waals surface area (Å²) in [5.74, 6) is 0.305. The monoisotopic (exact) mass is 341 g/mol. The molecule has 0 saturated carbocycles. The van der Waals surface area contributed by atoms with Crippen LogP contribution in [-0.2, 0) is 4.79 Å². The van der Waals surface area contributed by atoms with Gasteiger partial charge in [0.1, 0.15) is 5.76 Å². The molecule has 2 heterocycles. The maximum atomic E-state index is 11.8. The molecule has 1 aliphatic rings. The number of hydrogen-bond acceptors (Lipinski definition) is 4. The first-order chi connectivity index (χ1) is 11.7. The second-order valence-electron chi connectivity index (χ2n) is 5.53. The zero-order valence-electron chi connectivity index (χ0n) is 13.2. The molecule has 24 heavy (non-hydrogen) atoms. The molecule has 124 valence electrons. The Kier molecular flexibility index (Phi) is 5.28. The highest BCUT2D eigenvalue weighted by Gasteiger charge is 2.11. The van der Waals surface area contributed by atoms with Crippen molar-refractivity contribution in [2.24, 2.45) is 0 Å². The third kappa shape index (κ3) is 4.45. The van der Waals surface area contributed by atoms with Crippen molar-refractivity contribution in [3.05, 3.63) is 54.5 Å². The highest BCUT2D eigenvalue weighted by molar-refractivity contribution is 7.80. The maximum absolute atomic E-state index is 11.8. The Balaban J connectivity index is 1.50. The first kappa shape index (κ1) is 16.3. The summed E-state index contributed by atoms with van der Waals surface area (Å²) in [5.41, 5.74) is 2.06. The molecule has 1 aromatic carbocycles. The molecular formula is C18H19N3O2S. The second-order valence-corrected chi connectivity index (χ2v) is 5.94. The number of nitrogens with one attached hydrogen (secondary N) is 2. The van der Waals surface area contributed by atoms with Crippen molar-refractivity contribution >= 4 is 40.7 Å². The average molecular weight is 341 g/mol. The summed E-state index contributed by atoms with van der Waals surface area (Å²) in [7, 11) is 0. The topological polar surface area (TPSA) is 57.5 Å². The zero-order chi connectivity index (χ0) is 16.8. The van der Waals surface area contributed by atoms with E-state index in [2.05, 4.69) is 27.7 Å². The lowest BCUT2D eigenvalue weighted by atomic mass is 10.2. The third-order valence-electron chi connectivity index (χ3n) is 3.78. The lowest BCUT2D eigenvalue weighted by Gasteiger charge is -2.18. The number of hydrogen-bond donors (Lipinski definition) is 2. The number of nitrogens with zero attached hydrogens (tertiary/aromatic N) is 1. The van der Waals surface area contributed by atoms with Crippen LogP contribution in [0.2, 0.25) is 0 Å². The van der Waals surface area contributed by atoms with E-state index in [0.29, 0.717) is 5.76 Å². The average Bonchev–Trinajstić information content (AvgIpc) is 3.27. The number of carbonyl (C=O) groups excluding carboxylic acids is 1. The Morgan fingerprint density at radius 3 is 2.58 bits per heavy atom. The first-order valence-corrected chi connectivity index (χ1v) is 8.30. The summed E-state index contributed by atoms with van der Waals surface area (Å²) in [4.78, 5) is 14.2. The Labute approximate surface area is 146 Å². The van der Waals surface area contributed by atoms with Crippen molar-refractivity contribution < 1.29 is 9.21 Å². The van der Waals surface area contributed by atoms with Gasteiger partial charge in [-0.2, -0.15) is 0 Å². The smallest absolute Gasteiger partial charge is 0.250 e. The molecule has 3 rings (SSSR count). The van der Waals surface area contributed by atoms with Crippen LogP contribution in [0.5, 0.6) is 0 Å². The summed E-state index contributed by atoms with van der Waals surface area (Å²) in [6.45, 7) is 2.23. The van der Waals surface area contributed by atoms with Gasteiger partial charge in [-0.05, 0) is 67.5 Å². The fraction of sp³-hybridized carbons (Fsp3) is 0.222. The van der Waals surface area contributed by atoms with E-state index >= 15 is 0 Å². The van der Waals surface area contributed by atoms with Crippen molar-refractivity contribution in [1.29, 1.82) is 0 Å². The van der Waals surface area contributed by atoms with Gasteiger partial charge in [0.2, 0.25) is 5.91 Å². The maximum Gasteiger partial charge on any atom is 0.250 e. The Morgan fingerprint density at radius 1 is 1.17 bits per heavy atom.